The van der Waals surface area contributed by atoms with Gasteiger partial charge in [0.15, 0.2) is 9.84 Å². The maximum absolute atomic E-state index is 11.7. The molecule has 1 atom stereocenters. The van der Waals surface area contributed by atoms with Crippen LogP contribution in [-0.4, -0.2) is 40.8 Å². The Morgan fingerprint density at radius 1 is 1.55 bits per heavy atom. The zero-order chi connectivity index (χ0) is 15.1. The van der Waals surface area contributed by atoms with Crippen LogP contribution in [0.1, 0.15) is 24.7 Å². The molecule has 6 nitrogen and oxygen atoms in total. The molecule has 1 aliphatic heterocycles. The number of rotatable bonds is 4. The SMILES string of the molecule is CCn1nc(C)c(Br)c1CC1(C(=O)O)CCS(=O)(=O)C1. The highest BCUT2D eigenvalue weighted by atomic mass is 79.9. The summed E-state index contributed by atoms with van der Waals surface area (Å²) in [5, 5.41) is 13.8. The molecule has 1 aromatic rings. The van der Waals surface area contributed by atoms with Crippen LogP contribution in [0.2, 0.25) is 0 Å². The highest BCUT2D eigenvalue weighted by Crippen LogP contribution is 2.38. The zero-order valence-corrected chi connectivity index (χ0v) is 13.8. The van der Waals surface area contributed by atoms with Crippen LogP contribution in [0, 0.1) is 12.3 Å². The molecule has 0 radical (unpaired) electrons. The molecule has 0 saturated carbocycles. The van der Waals surface area contributed by atoms with E-state index >= 15 is 0 Å². The quantitative estimate of drug-likeness (QED) is 0.872. The van der Waals surface area contributed by atoms with Gasteiger partial charge in [0.2, 0.25) is 0 Å². The fraction of sp³-hybridized carbons (Fsp3) is 0.667. The summed E-state index contributed by atoms with van der Waals surface area (Å²) in [6.45, 7) is 4.37. The third kappa shape index (κ3) is 2.63. The van der Waals surface area contributed by atoms with Crippen molar-refractivity contribution in [2.24, 2.45) is 5.41 Å². The van der Waals surface area contributed by atoms with Gasteiger partial charge in [0.1, 0.15) is 0 Å². The minimum Gasteiger partial charge on any atom is -0.481 e. The van der Waals surface area contributed by atoms with Gasteiger partial charge in [0.25, 0.3) is 0 Å². The molecular weight excluding hydrogens is 348 g/mol. The Hall–Kier alpha value is -0.890. The third-order valence-electron chi connectivity index (χ3n) is 3.80. The van der Waals surface area contributed by atoms with Crippen LogP contribution in [0.15, 0.2) is 4.47 Å². The van der Waals surface area contributed by atoms with Gasteiger partial charge in [-0.25, -0.2) is 8.42 Å². The summed E-state index contributed by atoms with van der Waals surface area (Å²) >= 11 is 3.43. The summed E-state index contributed by atoms with van der Waals surface area (Å²) in [6, 6.07) is 0. The maximum atomic E-state index is 11.7. The molecule has 0 amide bonds. The first kappa shape index (κ1) is 15.5. The van der Waals surface area contributed by atoms with Crippen molar-refractivity contribution in [1.82, 2.24) is 9.78 Å². The summed E-state index contributed by atoms with van der Waals surface area (Å²) in [7, 11) is -3.27. The molecular formula is C12H17BrN2O4S. The van der Waals surface area contributed by atoms with E-state index in [-0.39, 0.29) is 24.3 Å². The van der Waals surface area contributed by atoms with Gasteiger partial charge in [-0.2, -0.15) is 5.10 Å². The molecule has 1 aliphatic rings. The van der Waals surface area contributed by atoms with Crippen molar-refractivity contribution in [2.45, 2.75) is 33.2 Å². The highest BCUT2D eigenvalue weighted by molar-refractivity contribution is 9.10. The Labute approximate surface area is 126 Å². The number of carbonyl (C=O) groups is 1. The monoisotopic (exact) mass is 364 g/mol. The Balaban J connectivity index is 2.43. The van der Waals surface area contributed by atoms with Gasteiger partial charge in [-0.05, 0) is 36.2 Å². The van der Waals surface area contributed by atoms with Crippen molar-refractivity contribution in [3.8, 4) is 0 Å². The largest absolute Gasteiger partial charge is 0.481 e. The van der Waals surface area contributed by atoms with Crippen LogP contribution >= 0.6 is 15.9 Å². The molecule has 1 fully saturated rings. The first-order chi connectivity index (χ1) is 9.21. The normalized spacial score (nSPS) is 24.9. The maximum Gasteiger partial charge on any atom is 0.311 e. The van der Waals surface area contributed by atoms with Gasteiger partial charge in [-0.3, -0.25) is 9.48 Å². The van der Waals surface area contributed by atoms with Crippen molar-refractivity contribution in [1.29, 1.82) is 0 Å². The number of hydrogen-bond donors (Lipinski definition) is 1. The average molecular weight is 365 g/mol. The second-order valence-electron chi connectivity index (χ2n) is 5.27. The first-order valence-corrected chi connectivity index (χ1v) is 8.98. The molecule has 1 aromatic heterocycles. The molecule has 20 heavy (non-hydrogen) atoms. The lowest BCUT2D eigenvalue weighted by Crippen LogP contribution is -2.35. The molecule has 0 aromatic carbocycles. The van der Waals surface area contributed by atoms with Gasteiger partial charge >= 0.3 is 5.97 Å². The Morgan fingerprint density at radius 2 is 2.20 bits per heavy atom. The summed E-state index contributed by atoms with van der Waals surface area (Å²) in [4.78, 5) is 11.6. The number of carboxylic acid groups (broad SMARTS) is 1. The second-order valence-corrected chi connectivity index (χ2v) is 8.24. The van der Waals surface area contributed by atoms with Crippen molar-refractivity contribution in [3.05, 3.63) is 15.9 Å². The molecule has 112 valence electrons. The number of aromatic nitrogens is 2. The second kappa shape index (κ2) is 5.14. The van der Waals surface area contributed by atoms with Gasteiger partial charge in [0, 0.05) is 13.0 Å². The zero-order valence-electron chi connectivity index (χ0n) is 11.4. The lowest BCUT2D eigenvalue weighted by molar-refractivity contribution is -0.147. The lowest BCUT2D eigenvalue weighted by Gasteiger charge is -2.22. The molecule has 2 rings (SSSR count). The van der Waals surface area contributed by atoms with Crippen LogP contribution in [-0.2, 0) is 27.6 Å². The first-order valence-electron chi connectivity index (χ1n) is 6.36. The van der Waals surface area contributed by atoms with Crippen LogP contribution in [0.5, 0.6) is 0 Å². The number of carboxylic acids is 1. The van der Waals surface area contributed by atoms with Crippen molar-refractivity contribution >= 4 is 31.7 Å². The average Bonchev–Trinajstić information content (AvgIpc) is 2.81. The summed E-state index contributed by atoms with van der Waals surface area (Å²) < 4.78 is 25.9. The summed E-state index contributed by atoms with van der Waals surface area (Å²) in [6.07, 6.45) is 0.335. The molecule has 1 saturated heterocycles. The molecule has 1 N–H and O–H groups in total. The topological polar surface area (TPSA) is 89.3 Å². The van der Waals surface area contributed by atoms with E-state index in [1.165, 1.54) is 0 Å². The van der Waals surface area contributed by atoms with E-state index in [2.05, 4.69) is 21.0 Å². The predicted molar refractivity (Wildman–Crippen MR) is 77.4 cm³/mol. The minimum absolute atomic E-state index is 0.0594. The van der Waals surface area contributed by atoms with Crippen molar-refractivity contribution in [2.75, 3.05) is 11.5 Å². The van der Waals surface area contributed by atoms with E-state index in [1.807, 2.05) is 13.8 Å². The number of aryl methyl sites for hydroxylation is 2. The molecule has 0 spiro atoms. The van der Waals surface area contributed by atoms with Gasteiger partial charge in [0.05, 0.1) is 32.8 Å². The fourth-order valence-corrected chi connectivity index (χ4v) is 5.14. The number of nitrogens with zero attached hydrogens (tertiary/aromatic N) is 2. The summed E-state index contributed by atoms with van der Waals surface area (Å²) in [5.41, 5.74) is 0.300. The van der Waals surface area contributed by atoms with Gasteiger partial charge < -0.3 is 5.11 Å². The number of aliphatic carboxylic acids is 1. The fourth-order valence-electron chi connectivity index (χ4n) is 2.66. The Bertz CT molecular complexity index is 653. The number of hydrogen-bond acceptors (Lipinski definition) is 4. The Kier molecular flexibility index (Phi) is 3.98. The van der Waals surface area contributed by atoms with E-state index in [9.17, 15) is 18.3 Å². The van der Waals surface area contributed by atoms with Crippen molar-refractivity contribution in [3.63, 3.8) is 0 Å². The van der Waals surface area contributed by atoms with Crippen LogP contribution in [0.4, 0.5) is 0 Å². The molecule has 1 unspecified atom stereocenters. The van der Waals surface area contributed by atoms with Crippen LogP contribution < -0.4 is 0 Å². The van der Waals surface area contributed by atoms with E-state index in [0.29, 0.717) is 6.54 Å². The van der Waals surface area contributed by atoms with E-state index in [4.69, 9.17) is 0 Å². The molecule has 2 heterocycles. The van der Waals surface area contributed by atoms with E-state index in [1.54, 1.807) is 4.68 Å². The molecule has 0 aliphatic carbocycles. The smallest absolute Gasteiger partial charge is 0.311 e. The predicted octanol–water partition coefficient (Wildman–Crippen LogP) is 1.41. The molecule has 0 bridgehead atoms. The van der Waals surface area contributed by atoms with E-state index in [0.717, 1.165) is 15.9 Å². The number of sulfone groups is 1. The minimum atomic E-state index is -3.27. The summed E-state index contributed by atoms with van der Waals surface area (Å²) in [5.74, 6) is -1.40. The van der Waals surface area contributed by atoms with Gasteiger partial charge in [-0.15, -0.1) is 0 Å². The lowest BCUT2D eigenvalue weighted by atomic mass is 9.83. The van der Waals surface area contributed by atoms with Crippen LogP contribution in [0.3, 0.4) is 0 Å². The highest BCUT2D eigenvalue weighted by Gasteiger charge is 2.49. The van der Waals surface area contributed by atoms with Crippen LogP contribution in [0.25, 0.3) is 0 Å². The Morgan fingerprint density at radius 3 is 2.65 bits per heavy atom. The molecule has 8 heteroatoms. The third-order valence-corrected chi connectivity index (χ3v) is 6.65. The van der Waals surface area contributed by atoms with Crippen molar-refractivity contribution < 1.29 is 18.3 Å². The number of halogens is 1. The van der Waals surface area contributed by atoms with E-state index < -0.39 is 21.2 Å². The van der Waals surface area contributed by atoms with Gasteiger partial charge in [-0.1, -0.05) is 0 Å². The standard InChI is InChI=1S/C12H17BrN2O4S/c1-3-15-9(10(13)8(2)14-15)6-12(11(16)17)4-5-20(18,19)7-12/h3-7H2,1-2H3,(H,16,17).